The van der Waals surface area contributed by atoms with Crippen molar-refractivity contribution in [2.24, 2.45) is 5.41 Å². The third kappa shape index (κ3) is 6.97. The number of esters is 2. The summed E-state index contributed by atoms with van der Waals surface area (Å²) in [7, 11) is 0. The first-order chi connectivity index (χ1) is 8.66. The van der Waals surface area contributed by atoms with Gasteiger partial charge in [-0.2, -0.15) is 25.3 Å². The Morgan fingerprint density at radius 2 is 1.53 bits per heavy atom. The molecule has 0 heterocycles. The summed E-state index contributed by atoms with van der Waals surface area (Å²) in [4.78, 5) is 22.7. The van der Waals surface area contributed by atoms with Crippen molar-refractivity contribution in [3.63, 3.8) is 0 Å². The molecule has 0 bridgehead atoms. The summed E-state index contributed by atoms with van der Waals surface area (Å²) in [5.41, 5.74) is -0.950. The fraction of sp³-hybridized carbons (Fsp3) is 0.818. The van der Waals surface area contributed by atoms with E-state index in [-0.39, 0.29) is 19.4 Å². The van der Waals surface area contributed by atoms with Gasteiger partial charge in [0.25, 0.3) is 4.52 Å². The predicted octanol–water partition coefficient (Wildman–Crippen LogP) is 2.87. The number of carbonyl (C=O) groups excluding carboxylic acids is 2. The van der Waals surface area contributed by atoms with Crippen molar-refractivity contribution >= 4 is 60.4 Å². The lowest BCUT2D eigenvalue weighted by Gasteiger charge is -2.35. The molecule has 8 heteroatoms. The normalized spacial score (nSPS) is 12.1. The molecule has 4 nitrogen and oxygen atoms in total. The molecule has 0 aromatic heterocycles. The molecule has 0 fully saturated rings. The van der Waals surface area contributed by atoms with Gasteiger partial charge in [-0.25, -0.2) is 0 Å². The predicted molar refractivity (Wildman–Crippen MR) is 82.2 cm³/mol. The molecule has 0 aromatic rings. The number of rotatable bonds is 8. The van der Waals surface area contributed by atoms with Crippen LogP contribution in [-0.2, 0) is 19.1 Å². The average molecular weight is 349 g/mol. The van der Waals surface area contributed by atoms with Crippen molar-refractivity contribution in [3.05, 3.63) is 0 Å². The van der Waals surface area contributed by atoms with Crippen molar-refractivity contribution in [1.29, 1.82) is 0 Å². The van der Waals surface area contributed by atoms with Gasteiger partial charge in [-0.1, -0.05) is 37.0 Å². The highest BCUT2D eigenvalue weighted by Crippen LogP contribution is 2.42. The highest BCUT2D eigenvalue weighted by atomic mass is 35.5. The number of alkyl halides is 2. The Balaban J connectivity index is 4.50. The summed E-state index contributed by atoms with van der Waals surface area (Å²) in [5, 5.41) is 0. The molecule has 0 aromatic carbocycles. The minimum atomic E-state index is -1.78. The Hall–Kier alpha value is 0.220. The molecule has 0 rings (SSSR count). The van der Waals surface area contributed by atoms with Crippen LogP contribution in [0.4, 0.5) is 0 Å². The monoisotopic (exact) mass is 348 g/mol. The minimum Gasteiger partial charge on any atom is -0.465 e. The van der Waals surface area contributed by atoms with Gasteiger partial charge in [-0.15, -0.1) is 0 Å². The fourth-order valence-corrected chi connectivity index (χ4v) is 1.58. The first kappa shape index (κ1) is 19.2. The highest BCUT2D eigenvalue weighted by molar-refractivity contribution is 7.80. The molecule has 0 saturated heterocycles. The van der Waals surface area contributed by atoms with Crippen LogP contribution in [0.1, 0.15) is 26.7 Å². The van der Waals surface area contributed by atoms with E-state index in [9.17, 15) is 9.59 Å². The lowest BCUT2D eigenvalue weighted by Crippen LogP contribution is -2.42. The summed E-state index contributed by atoms with van der Waals surface area (Å²) in [5.74, 6) is -0.244. The van der Waals surface area contributed by atoms with Crippen LogP contribution in [0.25, 0.3) is 0 Å². The maximum Gasteiger partial charge on any atom is 0.309 e. The lowest BCUT2D eigenvalue weighted by molar-refractivity contribution is -0.158. The smallest absolute Gasteiger partial charge is 0.309 e. The van der Waals surface area contributed by atoms with E-state index in [1.807, 2.05) is 0 Å². The second kappa shape index (κ2) is 8.49. The van der Waals surface area contributed by atoms with Gasteiger partial charge >= 0.3 is 11.9 Å². The zero-order valence-corrected chi connectivity index (χ0v) is 14.1. The summed E-state index contributed by atoms with van der Waals surface area (Å²) < 4.78 is 8.20. The molecule has 0 aliphatic carbocycles. The van der Waals surface area contributed by atoms with Gasteiger partial charge in [-0.05, 0) is 0 Å². The van der Waals surface area contributed by atoms with Crippen LogP contribution in [0.5, 0.6) is 0 Å². The van der Waals surface area contributed by atoms with Crippen molar-refractivity contribution in [2.75, 3.05) is 18.1 Å². The third-order valence-corrected chi connectivity index (χ3v) is 3.88. The van der Waals surface area contributed by atoms with Crippen molar-refractivity contribution in [2.45, 2.75) is 31.2 Å². The zero-order chi connectivity index (χ0) is 15.1. The van der Waals surface area contributed by atoms with E-state index in [1.165, 1.54) is 0 Å². The van der Waals surface area contributed by atoms with Crippen molar-refractivity contribution in [1.82, 2.24) is 0 Å². The van der Waals surface area contributed by atoms with Gasteiger partial charge < -0.3 is 9.47 Å². The third-order valence-electron chi connectivity index (χ3n) is 2.26. The van der Waals surface area contributed by atoms with E-state index in [1.54, 1.807) is 13.8 Å². The fourth-order valence-electron chi connectivity index (χ4n) is 0.932. The molecule has 0 N–H and O–H groups in total. The first-order valence-electron chi connectivity index (χ1n) is 5.63. The van der Waals surface area contributed by atoms with Crippen LogP contribution in [0.2, 0.25) is 0 Å². The van der Waals surface area contributed by atoms with E-state index < -0.39 is 21.9 Å². The van der Waals surface area contributed by atoms with Crippen LogP contribution >= 0.6 is 48.5 Å². The van der Waals surface area contributed by atoms with Crippen LogP contribution in [0, 0.1) is 5.41 Å². The van der Waals surface area contributed by atoms with Crippen LogP contribution in [0.3, 0.4) is 0 Å². The zero-order valence-electron chi connectivity index (χ0n) is 10.8. The number of hydrogen-bond acceptors (Lipinski definition) is 6. The molecular weight excluding hydrogens is 331 g/mol. The quantitative estimate of drug-likeness (QED) is 0.402. The Bertz CT molecular complexity index is 322. The van der Waals surface area contributed by atoms with E-state index in [2.05, 4.69) is 25.3 Å². The molecule has 0 radical (unpaired) electrons. The maximum atomic E-state index is 11.4. The van der Waals surface area contributed by atoms with Crippen molar-refractivity contribution < 1.29 is 19.1 Å². The summed E-state index contributed by atoms with van der Waals surface area (Å²) >= 11 is 19.9. The lowest BCUT2D eigenvalue weighted by atomic mass is 9.95. The Morgan fingerprint density at radius 1 is 1.05 bits per heavy atom. The first-order valence-corrected chi connectivity index (χ1v) is 7.65. The molecule has 0 unspecified atom stereocenters. The molecule has 112 valence electrons. The number of hydrogen-bond donors (Lipinski definition) is 2. The molecule has 0 saturated carbocycles. The van der Waals surface area contributed by atoms with Gasteiger partial charge in [0.05, 0.1) is 18.3 Å². The molecular formula is C11H18Cl2O4S2. The van der Waals surface area contributed by atoms with Crippen LogP contribution in [0.15, 0.2) is 0 Å². The molecule has 19 heavy (non-hydrogen) atoms. The van der Waals surface area contributed by atoms with Crippen LogP contribution in [-0.4, -0.2) is 34.6 Å². The van der Waals surface area contributed by atoms with Crippen molar-refractivity contribution in [3.8, 4) is 0 Å². The molecule has 0 aliphatic heterocycles. The van der Waals surface area contributed by atoms with E-state index in [0.717, 1.165) is 0 Å². The van der Waals surface area contributed by atoms with Gasteiger partial charge in [0.15, 0.2) is 0 Å². The topological polar surface area (TPSA) is 52.6 Å². The summed E-state index contributed by atoms with van der Waals surface area (Å²) in [6.45, 7) is 3.20. The molecule has 0 spiro atoms. The number of thiol groups is 2. The number of carbonyl (C=O) groups is 2. The number of ether oxygens (including phenoxy) is 2. The van der Waals surface area contributed by atoms with Crippen LogP contribution < -0.4 is 0 Å². The standard InChI is InChI=1S/C11H18Cl2O4S2/c1-10(2,7-16-8(14)3-5-18)11(12,13)17-9(15)4-6-19/h18-19H,3-7H2,1-2H3. The van der Waals surface area contributed by atoms with E-state index in [4.69, 9.17) is 32.7 Å². The Labute approximate surface area is 134 Å². The largest absolute Gasteiger partial charge is 0.465 e. The maximum absolute atomic E-state index is 11.4. The summed E-state index contributed by atoms with van der Waals surface area (Å²) in [6.07, 6.45) is 0.288. The second-order valence-electron chi connectivity index (χ2n) is 4.48. The van der Waals surface area contributed by atoms with Gasteiger partial charge in [0.1, 0.15) is 6.61 Å². The van der Waals surface area contributed by atoms with Gasteiger partial charge in [0.2, 0.25) is 0 Å². The summed E-state index contributed by atoms with van der Waals surface area (Å²) in [6, 6.07) is 0. The molecule has 0 atom stereocenters. The minimum absolute atomic E-state index is 0.0687. The SMILES string of the molecule is CC(C)(COC(=O)CCS)C(Cl)(Cl)OC(=O)CCS. The number of halogens is 2. The van der Waals surface area contributed by atoms with Gasteiger partial charge in [0, 0.05) is 11.5 Å². The van der Waals surface area contributed by atoms with E-state index >= 15 is 0 Å². The molecule has 0 amide bonds. The highest BCUT2D eigenvalue weighted by Gasteiger charge is 2.46. The Kier molecular flexibility index (Phi) is 8.59. The van der Waals surface area contributed by atoms with E-state index in [0.29, 0.717) is 11.5 Å². The van der Waals surface area contributed by atoms with Gasteiger partial charge in [-0.3, -0.25) is 9.59 Å². The average Bonchev–Trinajstić information content (AvgIpc) is 2.26. The Morgan fingerprint density at radius 3 is 2.00 bits per heavy atom. The second-order valence-corrected chi connectivity index (χ2v) is 6.64. The molecule has 0 aliphatic rings.